The molecule has 1 fully saturated rings. The van der Waals surface area contributed by atoms with Gasteiger partial charge < -0.3 is 14.6 Å². The first-order valence-corrected chi connectivity index (χ1v) is 8.22. The molecule has 0 aromatic carbocycles. The second-order valence-electron chi connectivity index (χ2n) is 5.83. The molecule has 2 aromatic heterocycles. The number of halogens is 2. The van der Waals surface area contributed by atoms with Crippen LogP contribution in [0.5, 0.6) is 0 Å². The number of hydrogen-bond donors (Lipinski definition) is 2. The Labute approximate surface area is 154 Å². The number of allylic oxidation sites excluding steroid dienone is 1. The number of aromatic amines is 1. The highest BCUT2D eigenvalue weighted by molar-refractivity contribution is 5.97. The average molecular weight is 373 g/mol. The Kier molecular flexibility index (Phi) is 5.83. The SMILES string of the molecule is N#CCC1CN(c2cc(-c3cnc(/C=C\C(=N)C(F)F)[nH]3)ncn2)CCO1. The number of aromatic nitrogens is 4. The Morgan fingerprint density at radius 1 is 1.48 bits per heavy atom. The van der Waals surface area contributed by atoms with Gasteiger partial charge in [-0.1, -0.05) is 0 Å². The van der Waals surface area contributed by atoms with Gasteiger partial charge in [0.2, 0.25) is 0 Å². The fourth-order valence-electron chi connectivity index (χ4n) is 2.61. The first-order valence-electron chi connectivity index (χ1n) is 8.22. The minimum atomic E-state index is -2.82. The normalized spacial score (nSPS) is 17.4. The van der Waals surface area contributed by atoms with E-state index in [2.05, 4.69) is 26.0 Å². The number of nitrogens with one attached hydrogen (secondary N) is 2. The quantitative estimate of drug-likeness (QED) is 0.751. The molecule has 2 N–H and O–H groups in total. The number of nitriles is 1. The van der Waals surface area contributed by atoms with Crippen molar-refractivity contribution in [3.05, 3.63) is 30.5 Å². The molecule has 27 heavy (non-hydrogen) atoms. The number of H-pyrrole nitrogens is 1. The number of alkyl halides is 2. The molecule has 1 unspecified atom stereocenters. The number of imidazole rings is 1. The van der Waals surface area contributed by atoms with E-state index in [1.807, 2.05) is 4.90 Å². The zero-order chi connectivity index (χ0) is 19.2. The fraction of sp³-hybridized carbons (Fsp3) is 0.353. The first-order chi connectivity index (χ1) is 13.1. The van der Waals surface area contributed by atoms with Crippen molar-refractivity contribution >= 4 is 17.6 Å². The van der Waals surface area contributed by atoms with E-state index in [1.165, 1.54) is 18.6 Å². The van der Waals surface area contributed by atoms with Gasteiger partial charge in [-0.05, 0) is 12.2 Å². The maximum absolute atomic E-state index is 12.3. The Morgan fingerprint density at radius 3 is 3.11 bits per heavy atom. The van der Waals surface area contributed by atoms with E-state index in [1.54, 1.807) is 6.07 Å². The minimum absolute atomic E-state index is 0.156. The molecule has 0 bridgehead atoms. The molecule has 140 valence electrons. The Balaban J connectivity index is 1.74. The third-order valence-electron chi connectivity index (χ3n) is 3.96. The lowest BCUT2D eigenvalue weighted by Crippen LogP contribution is -2.42. The van der Waals surface area contributed by atoms with Gasteiger partial charge in [0, 0.05) is 19.2 Å². The Morgan fingerprint density at radius 2 is 2.33 bits per heavy atom. The standard InChI is InChI=1S/C17H17F2N7O/c18-17(19)12(21)1-2-15-22-8-14(25-15)13-7-16(24-10-23-13)26-5-6-27-11(9-26)3-4-20/h1-2,7-8,10-11,17,21H,3,5-6,9H2,(H,22,25)/b2-1-,21-12?. The summed E-state index contributed by atoms with van der Waals surface area (Å²) in [5.74, 6) is 1.05. The first kappa shape index (κ1) is 18.6. The summed E-state index contributed by atoms with van der Waals surface area (Å²) >= 11 is 0. The van der Waals surface area contributed by atoms with Crippen LogP contribution in [0.3, 0.4) is 0 Å². The predicted molar refractivity (Wildman–Crippen MR) is 94.6 cm³/mol. The number of hydrogen-bond acceptors (Lipinski definition) is 7. The summed E-state index contributed by atoms with van der Waals surface area (Å²) in [5, 5.41) is 15.9. The van der Waals surface area contributed by atoms with E-state index in [9.17, 15) is 8.78 Å². The summed E-state index contributed by atoms with van der Waals surface area (Å²) in [6.45, 7) is 1.74. The van der Waals surface area contributed by atoms with Crippen LogP contribution < -0.4 is 4.90 Å². The van der Waals surface area contributed by atoms with Crippen LogP contribution in [-0.4, -0.2) is 57.9 Å². The van der Waals surface area contributed by atoms with Gasteiger partial charge in [-0.3, -0.25) is 5.41 Å². The van der Waals surface area contributed by atoms with Crippen LogP contribution in [0.15, 0.2) is 24.7 Å². The van der Waals surface area contributed by atoms with Crippen molar-refractivity contribution in [1.82, 2.24) is 19.9 Å². The lowest BCUT2D eigenvalue weighted by Gasteiger charge is -2.32. The van der Waals surface area contributed by atoms with Crippen LogP contribution in [-0.2, 0) is 4.74 Å². The van der Waals surface area contributed by atoms with Crippen LogP contribution in [0, 0.1) is 16.7 Å². The van der Waals surface area contributed by atoms with Crippen molar-refractivity contribution < 1.29 is 13.5 Å². The number of morpholine rings is 1. The average Bonchev–Trinajstić information content (AvgIpc) is 3.16. The maximum Gasteiger partial charge on any atom is 0.279 e. The summed E-state index contributed by atoms with van der Waals surface area (Å²) in [4.78, 5) is 17.6. The zero-order valence-corrected chi connectivity index (χ0v) is 14.3. The molecule has 1 aliphatic heterocycles. The topological polar surface area (TPSA) is 115 Å². The van der Waals surface area contributed by atoms with Crippen LogP contribution in [0.1, 0.15) is 12.2 Å². The predicted octanol–water partition coefficient (Wildman–Crippen LogP) is 2.28. The lowest BCUT2D eigenvalue weighted by molar-refractivity contribution is 0.0436. The van der Waals surface area contributed by atoms with Gasteiger partial charge in [-0.2, -0.15) is 5.26 Å². The molecule has 0 saturated carbocycles. The van der Waals surface area contributed by atoms with Gasteiger partial charge in [-0.15, -0.1) is 0 Å². The number of ether oxygens (including phenoxy) is 1. The summed E-state index contributed by atoms with van der Waals surface area (Å²) in [6, 6.07) is 3.90. The van der Waals surface area contributed by atoms with Crippen molar-refractivity contribution in [2.24, 2.45) is 0 Å². The molecule has 3 heterocycles. The van der Waals surface area contributed by atoms with Crippen LogP contribution in [0.25, 0.3) is 17.5 Å². The van der Waals surface area contributed by atoms with Crippen molar-refractivity contribution in [3.63, 3.8) is 0 Å². The van der Waals surface area contributed by atoms with E-state index >= 15 is 0 Å². The molecule has 8 nitrogen and oxygen atoms in total. The second-order valence-corrected chi connectivity index (χ2v) is 5.83. The molecule has 0 amide bonds. The van der Waals surface area contributed by atoms with Gasteiger partial charge in [0.1, 0.15) is 18.0 Å². The van der Waals surface area contributed by atoms with E-state index < -0.39 is 12.1 Å². The lowest BCUT2D eigenvalue weighted by atomic mass is 10.2. The molecule has 10 heteroatoms. The summed E-state index contributed by atoms with van der Waals surface area (Å²) in [5.41, 5.74) is 0.416. The highest BCUT2D eigenvalue weighted by Gasteiger charge is 2.21. The summed E-state index contributed by atoms with van der Waals surface area (Å²) in [7, 11) is 0. The Hall–Kier alpha value is -3.19. The molecule has 0 aliphatic carbocycles. The van der Waals surface area contributed by atoms with Gasteiger partial charge in [0.15, 0.2) is 0 Å². The van der Waals surface area contributed by atoms with Crippen molar-refractivity contribution in [3.8, 4) is 17.5 Å². The molecular weight excluding hydrogens is 356 g/mol. The number of anilines is 1. The van der Waals surface area contributed by atoms with Crippen molar-refractivity contribution in [2.75, 3.05) is 24.6 Å². The number of rotatable bonds is 6. The number of nitrogens with zero attached hydrogens (tertiary/aromatic N) is 5. The molecule has 0 radical (unpaired) electrons. The summed E-state index contributed by atoms with van der Waals surface area (Å²) in [6.07, 6.45) is 2.63. The monoisotopic (exact) mass is 373 g/mol. The van der Waals surface area contributed by atoms with Crippen molar-refractivity contribution in [1.29, 1.82) is 10.7 Å². The van der Waals surface area contributed by atoms with Gasteiger partial charge in [-0.25, -0.2) is 23.7 Å². The summed E-state index contributed by atoms with van der Waals surface area (Å²) < 4.78 is 30.2. The van der Waals surface area contributed by atoms with Crippen molar-refractivity contribution in [2.45, 2.75) is 19.0 Å². The van der Waals surface area contributed by atoms with E-state index in [-0.39, 0.29) is 6.10 Å². The third kappa shape index (κ3) is 4.71. The van der Waals surface area contributed by atoms with Crippen LogP contribution in [0.2, 0.25) is 0 Å². The smallest absolute Gasteiger partial charge is 0.279 e. The van der Waals surface area contributed by atoms with Crippen LogP contribution >= 0.6 is 0 Å². The highest BCUT2D eigenvalue weighted by Crippen LogP contribution is 2.21. The molecular formula is C17H17F2N7O. The Bertz CT molecular complexity index is 874. The van der Waals surface area contributed by atoms with Gasteiger partial charge in [0.25, 0.3) is 6.43 Å². The second kappa shape index (κ2) is 8.46. The van der Waals surface area contributed by atoms with Crippen LogP contribution in [0.4, 0.5) is 14.6 Å². The van der Waals surface area contributed by atoms with E-state index in [0.717, 1.165) is 6.08 Å². The van der Waals surface area contributed by atoms with E-state index in [0.29, 0.717) is 49.1 Å². The van der Waals surface area contributed by atoms with Gasteiger partial charge in [0.05, 0.1) is 48.5 Å². The maximum atomic E-state index is 12.3. The van der Waals surface area contributed by atoms with E-state index in [4.69, 9.17) is 15.4 Å². The van der Waals surface area contributed by atoms with Gasteiger partial charge >= 0.3 is 0 Å². The molecule has 1 aliphatic rings. The highest BCUT2D eigenvalue weighted by atomic mass is 19.3. The minimum Gasteiger partial charge on any atom is -0.373 e. The molecule has 1 atom stereocenters. The molecule has 1 saturated heterocycles. The zero-order valence-electron chi connectivity index (χ0n) is 14.3. The fourth-order valence-corrected chi connectivity index (χ4v) is 2.61. The third-order valence-corrected chi connectivity index (χ3v) is 3.96. The molecule has 3 rings (SSSR count). The largest absolute Gasteiger partial charge is 0.373 e. The molecule has 2 aromatic rings. The molecule has 0 spiro atoms.